The van der Waals surface area contributed by atoms with Crippen molar-refractivity contribution in [3.05, 3.63) is 87.8 Å². The first-order valence-corrected chi connectivity index (χ1v) is 11.1. The highest BCUT2D eigenvalue weighted by atomic mass is 35.5. The van der Waals surface area contributed by atoms with E-state index in [1.165, 1.54) is 31.0 Å². The molecular weight excluding hydrogens is 433 g/mol. The number of halogens is 2. The summed E-state index contributed by atoms with van der Waals surface area (Å²) < 4.78 is 11.4. The molecule has 0 spiro atoms. The van der Waals surface area contributed by atoms with Gasteiger partial charge in [-0.15, -0.1) is 0 Å². The lowest BCUT2D eigenvalue weighted by Gasteiger charge is -2.28. The zero-order valence-electron chi connectivity index (χ0n) is 17.0. The van der Waals surface area contributed by atoms with Crippen molar-refractivity contribution in [2.75, 3.05) is 18.0 Å². The molecule has 0 unspecified atom stereocenters. The second kappa shape index (κ2) is 10.1. The molecular formula is C25H23Cl2NO3. The second-order valence-electron chi connectivity index (χ2n) is 7.44. The largest absolute Gasteiger partial charge is 0.484 e. The Bertz CT molecular complexity index is 1070. The number of ether oxygens (including phenoxy) is 1. The summed E-state index contributed by atoms with van der Waals surface area (Å²) in [6.07, 6.45) is 6.94. The van der Waals surface area contributed by atoms with Crippen molar-refractivity contribution in [1.82, 2.24) is 0 Å². The Kier molecular flexibility index (Phi) is 7.00. The van der Waals surface area contributed by atoms with Gasteiger partial charge in [0.15, 0.2) is 5.78 Å². The summed E-state index contributed by atoms with van der Waals surface area (Å²) >= 11 is 12.1. The van der Waals surface area contributed by atoms with E-state index >= 15 is 0 Å². The number of ketones is 1. The fraction of sp³-hybridized carbons (Fsp3) is 0.240. The van der Waals surface area contributed by atoms with Gasteiger partial charge in [-0.05, 0) is 79.9 Å². The van der Waals surface area contributed by atoms with E-state index in [0.29, 0.717) is 32.9 Å². The van der Waals surface area contributed by atoms with Crippen LogP contribution in [0.5, 0.6) is 5.75 Å². The number of hydrogen-bond acceptors (Lipinski definition) is 4. The number of benzene rings is 2. The van der Waals surface area contributed by atoms with Gasteiger partial charge < -0.3 is 14.1 Å². The zero-order valence-corrected chi connectivity index (χ0v) is 18.5. The number of nitrogens with zero attached hydrogens (tertiary/aromatic N) is 1. The standard InChI is InChI=1S/C25H23Cl2NO3/c26-22-5-4-6-24(25(22)27)30-17-21-12-11-20(31-21)13-14-23(29)18-7-9-19(10-8-18)28-15-2-1-3-16-28/h4-14H,1-3,15-17H2/b14-13+. The summed E-state index contributed by atoms with van der Waals surface area (Å²) in [6.45, 7) is 2.38. The number of anilines is 1. The molecule has 1 fully saturated rings. The van der Waals surface area contributed by atoms with Gasteiger partial charge in [0.05, 0.1) is 5.02 Å². The monoisotopic (exact) mass is 455 g/mol. The predicted molar refractivity (Wildman–Crippen MR) is 125 cm³/mol. The van der Waals surface area contributed by atoms with Crippen LogP contribution < -0.4 is 9.64 Å². The third-order valence-corrected chi connectivity index (χ3v) is 6.04. The molecule has 160 valence electrons. The fourth-order valence-corrected chi connectivity index (χ4v) is 3.90. The van der Waals surface area contributed by atoms with Crippen molar-refractivity contribution in [1.29, 1.82) is 0 Å². The lowest BCUT2D eigenvalue weighted by atomic mass is 10.1. The van der Waals surface area contributed by atoms with Crippen molar-refractivity contribution in [3.63, 3.8) is 0 Å². The maximum atomic E-state index is 12.5. The molecule has 0 saturated carbocycles. The van der Waals surface area contributed by atoms with Crippen LogP contribution in [0, 0.1) is 0 Å². The van der Waals surface area contributed by atoms with Crippen LogP contribution in [0.3, 0.4) is 0 Å². The van der Waals surface area contributed by atoms with Crippen LogP contribution in [0.4, 0.5) is 5.69 Å². The van der Waals surface area contributed by atoms with E-state index in [-0.39, 0.29) is 12.4 Å². The second-order valence-corrected chi connectivity index (χ2v) is 8.22. The third kappa shape index (κ3) is 5.52. The fourth-order valence-electron chi connectivity index (χ4n) is 3.55. The molecule has 0 bridgehead atoms. The Balaban J connectivity index is 1.34. The molecule has 1 saturated heterocycles. The van der Waals surface area contributed by atoms with Gasteiger partial charge in [-0.1, -0.05) is 29.3 Å². The van der Waals surface area contributed by atoms with Crippen molar-refractivity contribution in [2.45, 2.75) is 25.9 Å². The Morgan fingerprint density at radius 1 is 1.00 bits per heavy atom. The molecule has 3 aromatic rings. The lowest BCUT2D eigenvalue weighted by Crippen LogP contribution is -2.29. The van der Waals surface area contributed by atoms with Crippen molar-refractivity contribution in [3.8, 4) is 5.75 Å². The smallest absolute Gasteiger partial charge is 0.185 e. The zero-order chi connectivity index (χ0) is 21.6. The van der Waals surface area contributed by atoms with Crippen molar-refractivity contribution >= 4 is 40.7 Å². The minimum atomic E-state index is -0.0647. The molecule has 1 aromatic heterocycles. The van der Waals surface area contributed by atoms with E-state index in [1.807, 2.05) is 24.3 Å². The van der Waals surface area contributed by atoms with Crippen LogP contribution in [0.25, 0.3) is 6.08 Å². The highest BCUT2D eigenvalue weighted by Gasteiger charge is 2.12. The highest BCUT2D eigenvalue weighted by molar-refractivity contribution is 6.42. The van der Waals surface area contributed by atoms with E-state index in [2.05, 4.69) is 4.90 Å². The van der Waals surface area contributed by atoms with Crippen LogP contribution in [-0.2, 0) is 6.61 Å². The molecule has 0 aliphatic carbocycles. The minimum absolute atomic E-state index is 0.0647. The number of piperidine rings is 1. The molecule has 31 heavy (non-hydrogen) atoms. The summed E-state index contributed by atoms with van der Waals surface area (Å²) in [7, 11) is 0. The first-order valence-electron chi connectivity index (χ1n) is 10.3. The Labute approximate surface area is 192 Å². The minimum Gasteiger partial charge on any atom is -0.484 e. The molecule has 4 nitrogen and oxygen atoms in total. The summed E-state index contributed by atoms with van der Waals surface area (Å²) in [5.41, 5.74) is 1.83. The van der Waals surface area contributed by atoms with E-state index in [4.69, 9.17) is 32.4 Å². The van der Waals surface area contributed by atoms with Crippen molar-refractivity contribution < 1.29 is 13.9 Å². The average molecular weight is 456 g/mol. The molecule has 1 aliphatic rings. The predicted octanol–water partition coefficient (Wildman–Crippen LogP) is 7.05. The molecule has 1 aliphatic heterocycles. The molecule has 0 amide bonds. The van der Waals surface area contributed by atoms with E-state index in [1.54, 1.807) is 36.4 Å². The van der Waals surface area contributed by atoms with Crippen LogP contribution in [-0.4, -0.2) is 18.9 Å². The molecule has 0 N–H and O–H groups in total. The number of carbonyl (C=O) groups is 1. The first kappa shape index (κ1) is 21.5. The molecule has 4 rings (SSSR count). The lowest BCUT2D eigenvalue weighted by molar-refractivity contribution is 0.104. The quantitative estimate of drug-likeness (QED) is 0.282. The number of carbonyl (C=O) groups excluding carboxylic acids is 1. The topological polar surface area (TPSA) is 42.7 Å². The van der Waals surface area contributed by atoms with E-state index in [0.717, 1.165) is 13.1 Å². The summed E-state index contributed by atoms with van der Waals surface area (Å²) in [4.78, 5) is 14.9. The number of allylic oxidation sites excluding steroid dienone is 1. The van der Waals surface area contributed by atoms with Gasteiger partial charge in [0.2, 0.25) is 0 Å². The van der Waals surface area contributed by atoms with Gasteiger partial charge in [-0.3, -0.25) is 4.79 Å². The average Bonchev–Trinajstić information content (AvgIpc) is 3.27. The van der Waals surface area contributed by atoms with E-state index < -0.39 is 0 Å². The van der Waals surface area contributed by atoms with Crippen LogP contribution in [0.1, 0.15) is 41.1 Å². The van der Waals surface area contributed by atoms with Gasteiger partial charge in [-0.2, -0.15) is 0 Å². The number of rotatable bonds is 7. The van der Waals surface area contributed by atoms with Gasteiger partial charge in [0, 0.05) is 24.3 Å². The van der Waals surface area contributed by atoms with Crippen LogP contribution in [0.2, 0.25) is 10.0 Å². The molecule has 6 heteroatoms. The normalized spacial score (nSPS) is 14.2. The number of hydrogen-bond donors (Lipinski definition) is 0. The highest BCUT2D eigenvalue weighted by Crippen LogP contribution is 2.32. The Morgan fingerprint density at radius 2 is 1.77 bits per heavy atom. The molecule has 2 aromatic carbocycles. The number of furan rings is 1. The SMILES string of the molecule is O=C(/C=C/c1ccc(COc2cccc(Cl)c2Cl)o1)c1ccc(N2CCCCC2)cc1. The van der Waals surface area contributed by atoms with Gasteiger partial charge in [0.1, 0.15) is 28.9 Å². The van der Waals surface area contributed by atoms with Crippen LogP contribution in [0.15, 0.2) is 65.1 Å². The first-order chi connectivity index (χ1) is 15.1. The summed E-state index contributed by atoms with van der Waals surface area (Å²) in [5.74, 6) is 1.62. The summed E-state index contributed by atoms with van der Waals surface area (Å²) in [6, 6.07) is 16.6. The Hall–Kier alpha value is -2.69. The maximum Gasteiger partial charge on any atom is 0.185 e. The van der Waals surface area contributed by atoms with Crippen molar-refractivity contribution in [2.24, 2.45) is 0 Å². The van der Waals surface area contributed by atoms with Gasteiger partial charge in [-0.25, -0.2) is 0 Å². The van der Waals surface area contributed by atoms with Crippen LogP contribution >= 0.6 is 23.2 Å². The Morgan fingerprint density at radius 3 is 2.55 bits per heavy atom. The molecule has 0 radical (unpaired) electrons. The molecule has 0 atom stereocenters. The molecule has 2 heterocycles. The van der Waals surface area contributed by atoms with E-state index in [9.17, 15) is 4.79 Å². The van der Waals surface area contributed by atoms with Gasteiger partial charge >= 0.3 is 0 Å². The maximum absolute atomic E-state index is 12.5. The van der Waals surface area contributed by atoms with Gasteiger partial charge in [0.25, 0.3) is 0 Å². The third-order valence-electron chi connectivity index (χ3n) is 5.24. The summed E-state index contributed by atoms with van der Waals surface area (Å²) in [5, 5.41) is 0.803.